The zero-order valence-electron chi connectivity index (χ0n) is 11.0. The third-order valence-corrected chi connectivity index (χ3v) is 4.29. The standard InChI is InChI=1S/C13H22N2OS/c1-10-11(6-12(7-14)17-10)8-15-4-5-16-13(2,3)9-15/h6H,4-5,7-9,14H2,1-3H3. The summed E-state index contributed by atoms with van der Waals surface area (Å²) in [4.78, 5) is 5.15. The van der Waals surface area contributed by atoms with Gasteiger partial charge in [0.15, 0.2) is 0 Å². The van der Waals surface area contributed by atoms with Crippen molar-refractivity contribution in [3.05, 3.63) is 21.4 Å². The summed E-state index contributed by atoms with van der Waals surface area (Å²) in [5.74, 6) is 0. The van der Waals surface area contributed by atoms with Crippen molar-refractivity contribution in [2.45, 2.75) is 39.5 Å². The Morgan fingerprint density at radius 3 is 2.88 bits per heavy atom. The largest absolute Gasteiger partial charge is 0.373 e. The Bertz CT molecular complexity index is 387. The summed E-state index contributed by atoms with van der Waals surface area (Å²) in [6, 6.07) is 2.25. The molecule has 1 aromatic heterocycles. The van der Waals surface area contributed by atoms with Crippen molar-refractivity contribution in [3.8, 4) is 0 Å². The molecule has 0 aromatic carbocycles. The van der Waals surface area contributed by atoms with E-state index >= 15 is 0 Å². The molecule has 1 aliphatic rings. The molecule has 0 radical (unpaired) electrons. The van der Waals surface area contributed by atoms with Crippen LogP contribution in [0.4, 0.5) is 0 Å². The Balaban J connectivity index is 2.02. The molecule has 4 heteroatoms. The molecule has 3 nitrogen and oxygen atoms in total. The molecule has 1 aromatic rings. The van der Waals surface area contributed by atoms with Crippen LogP contribution in [0.5, 0.6) is 0 Å². The van der Waals surface area contributed by atoms with E-state index in [9.17, 15) is 0 Å². The quantitative estimate of drug-likeness (QED) is 0.898. The summed E-state index contributed by atoms with van der Waals surface area (Å²) < 4.78 is 5.73. The van der Waals surface area contributed by atoms with E-state index in [1.165, 1.54) is 15.3 Å². The lowest BCUT2D eigenvalue weighted by molar-refractivity contribution is -0.0882. The van der Waals surface area contributed by atoms with Crippen LogP contribution < -0.4 is 5.73 Å². The van der Waals surface area contributed by atoms with Gasteiger partial charge in [-0.3, -0.25) is 4.90 Å². The van der Waals surface area contributed by atoms with Crippen LogP contribution in [0.25, 0.3) is 0 Å². The molecule has 1 aliphatic heterocycles. The van der Waals surface area contributed by atoms with Crippen molar-refractivity contribution in [2.24, 2.45) is 5.73 Å². The third-order valence-electron chi connectivity index (χ3n) is 3.17. The molecule has 1 fully saturated rings. The first-order valence-corrected chi connectivity index (χ1v) is 6.96. The highest BCUT2D eigenvalue weighted by Crippen LogP contribution is 2.24. The first kappa shape index (κ1) is 13.0. The fraction of sp³-hybridized carbons (Fsp3) is 0.692. The van der Waals surface area contributed by atoms with Gasteiger partial charge < -0.3 is 10.5 Å². The Hall–Kier alpha value is -0.420. The number of aryl methyl sites for hydroxylation is 1. The van der Waals surface area contributed by atoms with Gasteiger partial charge in [-0.15, -0.1) is 11.3 Å². The summed E-state index contributed by atoms with van der Waals surface area (Å²) >= 11 is 1.82. The van der Waals surface area contributed by atoms with Gasteiger partial charge in [-0.25, -0.2) is 0 Å². The van der Waals surface area contributed by atoms with Crippen LogP contribution >= 0.6 is 11.3 Å². The van der Waals surface area contributed by atoms with E-state index < -0.39 is 0 Å². The lowest BCUT2D eigenvalue weighted by Crippen LogP contribution is -2.47. The number of morpholine rings is 1. The summed E-state index contributed by atoms with van der Waals surface area (Å²) in [6.45, 7) is 11.0. The van der Waals surface area contributed by atoms with E-state index in [-0.39, 0.29) is 5.60 Å². The van der Waals surface area contributed by atoms with E-state index in [1.54, 1.807) is 0 Å². The molecule has 0 atom stereocenters. The van der Waals surface area contributed by atoms with Crippen molar-refractivity contribution in [3.63, 3.8) is 0 Å². The zero-order chi connectivity index (χ0) is 12.5. The Kier molecular flexibility index (Phi) is 3.88. The number of thiophene rings is 1. The lowest BCUT2D eigenvalue weighted by Gasteiger charge is -2.38. The second-order valence-corrected chi connectivity index (χ2v) is 6.66. The molecular weight excluding hydrogens is 232 g/mol. The van der Waals surface area contributed by atoms with Crippen molar-refractivity contribution < 1.29 is 4.74 Å². The average Bonchev–Trinajstić information content (AvgIpc) is 2.58. The van der Waals surface area contributed by atoms with Crippen LogP contribution in [0.1, 0.15) is 29.2 Å². The van der Waals surface area contributed by atoms with Crippen molar-refractivity contribution >= 4 is 11.3 Å². The molecule has 1 saturated heterocycles. The van der Waals surface area contributed by atoms with E-state index in [1.807, 2.05) is 11.3 Å². The minimum absolute atomic E-state index is 0.0150. The monoisotopic (exact) mass is 254 g/mol. The molecule has 0 bridgehead atoms. The number of hydrogen-bond donors (Lipinski definition) is 1. The van der Waals surface area contributed by atoms with Gasteiger partial charge in [-0.2, -0.15) is 0 Å². The number of nitrogens with zero attached hydrogens (tertiary/aromatic N) is 1. The lowest BCUT2D eigenvalue weighted by atomic mass is 10.1. The van der Waals surface area contributed by atoms with Crippen LogP contribution in [-0.2, 0) is 17.8 Å². The minimum Gasteiger partial charge on any atom is -0.373 e. The molecule has 17 heavy (non-hydrogen) atoms. The number of rotatable bonds is 3. The molecule has 2 N–H and O–H groups in total. The summed E-state index contributed by atoms with van der Waals surface area (Å²) in [5.41, 5.74) is 7.09. The van der Waals surface area contributed by atoms with Crippen LogP contribution in [0.3, 0.4) is 0 Å². The second-order valence-electron chi connectivity index (χ2n) is 5.32. The Labute approximate surface area is 108 Å². The van der Waals surface area contributed by atoms with Gasteiger partial charge >= 0.3 is 0 Å². The maximum absolute atomic E-state index is 5.73. The van der Waals surface area contributed by atoms with Gasteiger partial charge in [0.2, 0.25) is 0 Å². The highest BCUT2D eigenvalue weighted by atomic mass is 32.1. The predicted octanol–water partition coefficient (Wildman–Crippen LogP) is 2.13. The van der Waals surface area contributed by atoms with Crippen molar-refractivity contribution in [2.75, 3.05) is 19.7 Å². The number of hydrogen-bond acceptors (Lipinski definition) is 4. The maximum atomic E-state index is 5.73. The highest BCUT2D eigenvalue weighted by Gasteiger charge is 2.27. The van der Waals surface area contributed by atoms with Crippen LogP contribution in [-0.4, -0.2) is 30.2 Å². The van der Waals surface area contributed by atoms with E-state index in [0.717, 1.165) is 26.2 Å². The molecule has 0 spiro atoms. The number of ether oxygens (including phenoxy) is 1. The smallest absolute Gasteiger partial charge is 0.0753 e. The van der Waals surface area contributed by atoms with Gasteiger partial charge in [-0.05, 0) is 32.4 Å². The third kappa shape index (κ3) is 3.28. The molecule has 0 saturated carbocycles. The summed E-state index contributed by atoms with van der Waals surface area (Å²) in [7, 11) is 0. The molecule has 96 valence electrons. The van der Waals surface area contributed by atoms with Crippen molar-refractivity contribution in [1.82, 2.24) is 4.90 Å². The van der Waals surface area contributed by atoms with Crippen LogP contribution in [0, 0.1) is 6.92 Å². The highest BCUT2D eigenvalue weighted by molar-refractivity contribution is 7.12. The normalized spacial score (nSPS) is 20.7. The first-order valence-electron chi connectivity index (χ1n) is 6.15. The second kappa shape index (κ2) is 5.06. The first-order chi connectivity index (χ1) is 8.00. The van der Waals surface area contributed by atoms with Gasteiger partial charge in [0.25, 0.3) is 0 Å². The fourth-order valence-corrected chi connectivity index (χ4v) is 3.27. The topological polar surface area (TPSA) is 38.5 Å². The van der Waals surface area contributed by atoms with Crippen LogP contribution in [0.2, 0.25) is 0 Å². The average molecular weight is 254 g/mol. The molecule has 2 heterocycles. The van der Waals surface area contributed by atoms with Gasteiger partial charge in [0, 0.05) is 35.9 Å². The fourth-order valence-electron chi connectivity index (χ4n) is 2.34. The van der Waals surface area contributed by atoms with E-state index in [4.69, 9.17) is 10.5 Å². The molecule has 0 aliphatic carbocycles. The van der Waals surface area contributed by atoms with E-state index in [2.05, 4.69) is 31.7 Å². The molecule has 0 amide bonds. The van der Waals surface area contributed by atoms with Gasteiger partial charge in [-0.1, -0.05) is 0 Å². The SMILES string of the molecule is Cc1sc(CN)cc1CN1CCOC(C)(C)C1. The molecular formula is C13H22N2OS. The number of nitrogens with two attached hydrogens (primary N) is 1. The van der Waals surface area contributed by atoms with Gasteiger partial charge in [0.1, 0.15) is 0 Å². The Morgan fingerprint density at radius 2 is 2.29 bits per heavy atom. The summed E-state index contributed by atoms with van der Waals surface area (Å²) in [5, 5.41) is 0. The van der Waals surface area contributed by atoms with Crippen LogP contribution in [0.15, 0.2) is 6.07 Å². The van der Waals surface area contributed by atoms with E-state index in [0.29, 0.717) is 6.54 Å². The predicted molar refractivity (Wildman–Crippen MR) is 72.3 cm³/mol. The van der Waals surface area contributed by atoms with Crippen molar-refractivity contribution in [1.29, 1.82) is 0 Å². The maximum Gasteiger partial charge on any atom is 0.0753 e. The zero-order valence-corrected chi connectivity index (χ0v) is 11.8. The summed E-state index contributed by atoms with van der Waals surface area (Å²) in [6.07, 6.45) is 0. The molecule has 0 unspecified atom stereocenters. The Morgan fingerprint density at radius 1 is 1.53 bits per heavy atom. The van der Waals surface area contributed by atoms with Gasteiger partial charge in [0.05, 0.1) is 12.2 Å². The minimum atomic E-state index is -0.0150. The molecule has 2 rings (SSSR count).